The highest BCUT2D eigenvalue weighted by Crippen LogP contribution is 2.27. The van der Waals surface area contributed by atoms with Crippen LogP contribution in [0.4, 0.5) is 0 Å². The standard InChI is InChI=1S/C20H15ClN4O2/c1-13(26)27-12-15-11-18(24-25(15)14-7-3-2-4-8-14)19-20(21)23-17-10-6-5-9-16(17)22-19/h2-11H,12H2,1H3. The van der Waals surface area contributed by atoms with Gasteiger partial charge in [0.15, 0.2) is 5.15 Å². The Kier molecular flexibility index (Phi) is 4.56. The van der Waals surface area contributed by atoms with E-state index in [1.54, 1.807) is 10.7 Å². The van der Waals surface area contributed by atoms with Gasteiger partial charge in [-0.05, 0) is 30.3 Å². The summed E-state index contributed by atoms with van der Waals surface area (Å²) < 4.78 is 6.88. The van der Waals surface area contributed by atoms with Crippen molar-refractivity contribution in [2.45, 2.75) is 13.5 Å². The second kappa shape index (κ2) is 7.17. The van der Waals surface area contributed by atoms with E-state index in [-0.39, 0.29) is 17.7 Å². The van der Waals surface area contributed by atoms with Crippen molar-refractivity contribution in [2.75, 3.05) is 0 Å². The van der Waals surface area contributed by atoms with Gasteiger partial charge >= 0.3 is 5.97 Å². The lowest BCUT2D eigenvalue weighted by atomic mass is 10.2. The van der Waals surface area contributed by atoms with Gasteiger partial charge in [-0.25, -0.2) is 14.6 Å². The van der Waals surface area contributed by atoms with Crippen molar-refractivity contribution >= 4 is 28.6 Å². The molecule has 2 heterocycles. The van der Waals surface area contributed by atoms with Crippen LogP contribution in [0.2, 0.25) is 5.15 Å². The highest BCUT2D eigenvalue weighted by molar-refractivity contribution is 6.32. The second-order valence-corrected chi connectivity index (χ2v) is 6.26. The number of halogens is 1. The molecule has 2 aromatic carbocycles. The predicted octanol–water partition coefficient (Wildman–Crippen LogP) is 4.20. The Morgan fingerprint density at radius 1 is 1.04 bits per heavy atom. The van der Waals surface area contributed by atoms with Crippen LogP contribution in [0.5, 0.6) is 0 Å². The fraction of sp³-hybridized carbons (Fsp3) is 0.100. The summed E-state index contributed by atoms with van der Waals surface area (Å²) in [6, 6.07) is 18.9. The topological polar surface area (TPSA) is 69.9 Å². The molecular weight excluding hydrogens is 364 g/mol. The number of fused-ring (bicyclic) bond motifs is 1. The fourth-order valence-corrected chi connectivity index (χ4v) is 2.98. The molecule has 6 nitrogen and oxygen atoms in total. The van der Waals surface area contributed by atoms with Gasteiger partial charge in [0, 0.05) is 6.92 Å². The Morgan fingerprint density at radius 2 is 1.70 bits per heavy atom. The third-order valence-electron chi connectivity index (χ3n) is 3.98. The Morgan fingerprint density at radius 3 is 2.41 bits per heavy atom. The normalized spacial score (nSPS) is 10.9. The summed E-state index contributed by atoms with van der Waals surface area (Å²) in [5.41, 5.74) is 4.04. The van der Waals surface area contributed by atoms with Crippen molar-refractivity contribution in [3.05, 3.63) is 71.5 Å². The van der Waals surface area contributed by atoms with Gasteiger partial charge in [0.05, 0.1) is 22.4 Å². The summed E-state index contributed by atoms with van der Waals surface area (Å²) >= 11 is 6.36. The lowest BCUT2D eigenvalue weighted by molar-refractivity contribution is -0.142. The largest absolute Gasteiger partial charge is 0.459 e. The van der Waals surface area contributed by atoms with E-state index in [1.165, 1.54) is 6.92 Å². The van der Waals surface area contributed by atoms with Crippen molar-refractivity contribution in [3.63, 3.8) is 0 Å². The molecule has 27 heavy (non-hydrogen) atoms. The Balaban J connectivity index is 1.84. The van der Waals surface area contributed by atoms with Gasteiger partial charge in [-0.3, -0.25) is 4.79 Å². The SMILES string of the molecule is CC(=O)OCc1cc(-c2nc3ccccc3nc2Cl)nn1-c1ccccc1. The second-order valence-electron chi connectivity index (χ2n) is 5.90. The van der Waals surface area contributed by atoms with Crippen molar-refractivity contribution < 1.29 is 9.53 Å². The summed E-state index contributed by atoms with van der Waals surface area (Å²) in [6.45, 7) is 1.46. The Bertz CT molecular complexity index is 1130. The number of aromatic nitrogens is 4. The van der Waals surface area contributed by atoms with Crippen molar-refractivity contribution in [3.8, 4) is 17.1 Å². The minimum atomic E-state index is -0.360. The smallest absolute Gasteiger partial charge is 0.303 e. The maximum absolute atomic E-state index is 11.2. The van der Waals surface area contributed by atoms with E-state index in [0.717, 1.165) is 11.2 Å². The van der Waals surface area contributed by atoms with Crippen LogP contribution in [0.15, 0.2) is 60.7 Å². The quantitative estimate of drug-likeness (QED) is 0.498. The van der Waals surface area contributed by atoms with Crippen LogP contribution in [0.1, 0.15) is 12.6 Å². The monoisotopic (exact) mass is 378 g/mol. The molecule has 0 N–H and O–H groups in total. The first-order chi connectivity index (χ1) is 13.1. The number of carbonyl (C=O) groups excluding carboxylic acids is 1. The molecule has 0 amide bonds. The molecule has 0 fully saturated rings. The Hall–Kier alpha value is -3.25. The lowest BCUT2D eigenvalue weighted by Crippen LogP contribution is -2.06. The van der Waals surface area contributed by atoms with Gasteiger partial charge in [0.25, 0.3) is 0 Å². The van der Waals surface area contributed by atoms with Gasteiger partial charge in [-0.2, -0.15) is 5.10 Å². The molecule has 4 rings (SSSR count). The van der Waals surface area contributed by atoms with Crippen LogP contribution in [0, 0.1) is 0 Å². The zero-order valence-electron chi connectivity index (χ0n) is 14.5. The molecule has 0 bridgehead atoms. The number of ether oxygens (including phenoxy) is 1. The highest BCUT2D eigenvalue weighted by Gasteiger charge is 2.17. The first kappa shape index (κ1) is 17.2. The van der Waals surface area contributed by atoms with Crippen LogP contribution >= 0.6 is 11.6 Å². The van der Waals surface area contributed by atoms with Crippen molar-refractivity contribution in [1.29, 1.82) is 0 Å². The van der Waals surface area contributed by atoms with Crippen molar-refractivity contribution in [1.82, 2.24) is 19.7 Å². The molecule has 7 heteroatoms. The average Bonchev–Trinajstić information content (AvgIpc) is 3.10. The van der Waals surface area contributed by atoms with Crippen LogP contribution in [-0.4, -0.2) is 25.7 Å². The fourth-order valence-electron chi connectivity index (χ4n) is 2.75. The van der Waals surface area contributed by atoms with Crippen LogP contribution in [0.3, 0.4) is 0 Å². The third kappa shape index (κ3) is 3.52. The minimum absolute atomic E-state index is 0.0931. The maximum atomic E-state index is 11.2. The predicted molar refractivity (Wildman–Crippen MR) is 103 cm³/mol. The molecule has 0 aliphatic heterocycles. The van der Waals surface area contributed by atoms with Gasteiger partial charge in [0.2, 0.25) is 0 Å². The summed E-state index contributed by atoms with van der Waals surface area (Å²) in [6.07, 6.45) is 0. The molecule has 0 radical (unpaired) electrons. The van der Waals surface area contributed by atoms with E-state index in [0.29, 0.717) is 22.6 Å². The van der Waals surface area contributed by atoms with Gasteiger partial charge in [-0.1, -0.05) is 41.9 Å². The summed E-state index contributed by atoms with van der Waals surface area (Å²) in [5, 5.41) is 4.90. The first-order valence-electron chi connectivity index (χ1n) is 8.32. The zero-order chi connectivity index (χ0) is 18.8. The first-order valence-corrected chi connectivity index (χ1v) is 8.70. The van der Waals surface area contributed by atoms with E-state index in [4.69, 9.17) is 16.3 Å². The molecule has 0 saturated carbocycles. The number of benzene rings is 2. The Labute approximate surface area is 160 Å². The van der Waals surface area contributed by atoms with E-state index >= 15 is 0 Å². The molecule has 0 saturated heterocycles. The zero-order valence-corrected chi connectivity index (χ0v) is 15.2. The molecule has 134 valence electrons. The number of nitrogens with zero attached hydrogens (tertiary/aromatic N) is 4. The number of esters is 1. The maximum Gasteiger partial charge on any atom is 0.303 e. The number of rotatable bonds is 4. The van der Waals surface area contributed by atoms with E-state index in [1.807, 2.05) is 54.6 Å². The number of carbonyl (C=O) groups is 1. The summed E-state index contributed by atoms with van der Waals surface area (Å²) in [5.74, 6) is -0.360. The molecule has 2 aromatic heterocycles. The highest BCUT2D eigenvalue weighted by atomic mass is 35.5. The third-order valence-corrected chi connectivity index (χ3v) is 4.24. The molecule has 0 spiro atoms. The van der Waals surface area contributed by atoms with Crippen LogP contribution in [0.25, 0.3) is 28.1 Å². The van der Waals surface area contributed by atoms with Crippen LogP contribution < -0.4 is 0 Å². The summed E-state index contributed by atoms with van der Waals surface area (Å²) in [7, 11) is 0. The van der Waals surface area contributed by atoms with E-state index in [9.17, 15) is 4.79 Å². The molecule has 0 atom stereocenters. The van der Waals surface area contributed by atoms with Crippen molar-refractivity contribution in [2.24, 2.45) is 0 Å². The number of hydrogen-bond donors (Lipinski definition) is 0. The summed E-state index contributed by atoms with van der Waals surface area (Å²) in [4.78, 5) is 20.3. The van der Waals surface area contributed by atoms with E-state index in [2.05, 4.69) is 15.1 Å². The minimum Gasteiger partial charge on any atom is -0.459 e. The van der Waals surface area contributed by atoms with Gasteiger partial charge < -0.3 is 4.74 Å². The number of para-hydroxylation sites is 3. The molecule has 0 aliphatic rings. The average molecular weight is 379 g/mol. The number of hydrogen-bond acceptors (Lipinski definition) is 5. The van der Waals surface area contributed by atoms with Gasteiger partial charge in [-0.15, -0.1) is 0 Å². The molecule has 4 aromatic rings. The van der Waals surface area contributed by atoms with E-state index < -0.39 is 0 Å². The lowest BCUT2D eigenvalue weighted by Gasteiger charge is -2.07. The molecule has 0 aliphatic carbocycles. The van der Waals surface area contributed by atoms with Gasteiger partial charge in [0.1, 0.15) is 18.0 Å². The molecule has 0 unspecified atom stereocenters. The van der Waals surface area contributed by atoms with Crippen LogP contribution in [-0.2, 0) is 16.1 Å². The molecular formula is C20H15ClN4O2.